The monoisotopic (exact) mass is 352 g/mol. The van der Waals surface area contributed by atoms with Gasteiger partial charge in [-0.2, -0.15) is 0 Å². The van der Waals surface area contributed by atoms with Crippen LogP contribution in [-0.4, -0.2) is 46.4 Å². The maximum Gasteiger partial charge on any atom is 0.272 e. The average molecular weight is 352 g/mol. The number of aromatic amines is 1. The molecule has 0 spiro atoms. The molecule has 26 heavy (non-hydrogen) atoms. The van der Waals surface area contributed by atoms with Gasteiger partial charge in [-0.3, -0.25) is 9.59 Å². The Balaban J connectivity index is 1.54. The second-order valence-corrected chi connectivity index (χ2v) is 7.39. The van der Waals surface area contributed by atoms with Crippen LogP contribution < -0.4 is 10.9 Å². The highest BCUT2D eigenvalue weighted by molar-refractivity contribution is 5.97. The first-order valence-electron chi connectivity index (χ1n) is 9.13. The summed E-state index contributed by atoms with van der Waals surface area (Å²) in [4.78, 5) is 29.9. The second-order valence-electron chi connectivity index (χ2n) is 7.39. The van der Waals surface area contributed by atoms with Crippen molar-refractivity contribution in [1.29, 1.82) is 0 Å². The van der Waals surface area contributed by atoms with Crippen molar-refractivity contribution < 1.29 is 4.79 Å². The normalized spacial score (nSPS) is 20.7. The molecule has 0 saturated heterocycles. The number of nitrogens with one attached hydrogen (secondary N) is 2. The fourth-order valence-corrected chi connectivity index (χ4v) is 3.96. The molecule has 6 heteroatoms. The Hall–Kier alpha value is -2.60. The van der Waals surface area contributed by atoms with Crippen molar-refractivity contribution in [2.45, 2.75) is 37.8 Å². The molecule has 2 heterocycles. The summed E-state index contributed by atoms with van der Waals surface area (Å²) in [6.45, 7) is 0. The maximum absolute atomic E-state index is 12.7. The fraction of sp³-hybridized carbons (Fsp3) is 0.400. The van der Waals surface area contributed by atoms with Gasteiger partial charge in [0.2, 0.25) is 0 Å². The van der Waals surface area contributed by atoms with Crippen LogP contribution in [0.15, 0.2) is 41.3 Å². The zero-order valence-corrected chi connectivity index (χ0v) is 15.2. The molecule has 2 aromatic heterocycles. The number of carbonyl (C=O) groups is 1. The maximum atomic E-state index is 12.7. The van der Waals surface area contributed by atoms with Gasteiger partial charge in [0, 0.05) is 23.8 Å². The number of H-pyrrole nitrogens is 1. The lowest BCUT2D eigenvalue weighted by atomic mass is 9.90. The van der Waals surface area contributed by atoms with Gasteiger partial charge < -0.3 is 19.6 Å². The van der Waals surface area contributed by atoms with Crippen LogP contribution in [0, 0.1) is 0 Å². The van der Waals surface area contributed by atoms with E-state index in [4.69, 9.17) is 0 Å². The highest BCUT2D eigenvalue weighted by atomic mass is 16.1. The van der Waals surface area contributed by atoms with Gasteiger partial charge in [-0.15, -0.1) is 0 Å². The van der Waals surface area contributed by atoms with E-state index in [-0.39, 0.29) is 17.5 Å². The first-order valence-corrected chi connectivity index (χ1v) is 9.13. The summed E-state index contributed by atoms with van der Waals surface area (Å²) in [6, 6.07) is 9.92. The van der Waals surface area contributed by atoms with Gasteiger partial charge in [-0.1, -0.05) is 0 Å². The van der Waals surface area contributed by atoms with Gasteiger partial charge >= 0.3 is 0 Å². The van der Waals surface area contributed by atoms with E-state index in [2.05, 4.69) is 29.3 Å². The van der Waals surface area contributed by atoms with Crippen LogP contribution in [0.3, 0.4) is 0 Å². The summed E-state index contributed by atoms with van der Waals surface area (Å²) >= 11 is 0. The molecule has 1 aliphatic carbocycles. The number of aromatic nitrogens is 2. The molecule has 1 saturated carbocycles. The number of rotatable bonds is 3. The summed E-state index contributed by atoms with van der Waals surface area (Å²) in [6.07, 6.45) is 6.07. The van der Waals surface area contributed by atoms with Crippen LogP contribution in [-0.2, 0) is 0 Å². The van der Waals surface area contributed by atoms with Crippen molar-refractivity contribution in [1.82, 2.24) is 19.6 Å². The SMILES string of the molecule is CN(C)C1CCC(NC(=O)c2ccc3c(c2)[nH]c(=O)c2cccn23)CC1. The molecule has 2 N–H and O–H groups in total. The molecule has 1 aromatic carbocycles. The minimum absolute atomic E-state index is 0.0753. The van der Waals surface area contributed by atoms with Gasteiger partial charge in [0.25, 0.3) is 11.5 Å². The average Bonchev–Trinajstić information content (AvgIpc) is 3.12. The zero-order chi connectivity index (χ0) is 18.3. The van der Waals surface area contributed by atoms with E-state index in [0.717, 1.165) is 31.2 Å². The van der Waals surface area contributed by atoms with E-state index in [9.17, 15) is 9.59 Å². The molecule has 136 valence electrons. The molecule has 0 atom stereocenters. The Kier molecular flexibility index (Phi) is 4.28. The number of hydrogen-bond donors (Lipinski definition) is 2. The van der Waals surface area contributed by atoms with Gasteiger partial charge in [0.1, 0.15) is 5.52 Å². The van der Waals surface area contributed by atoms with Gasteiger partial charge in [0.05, 0.1) is 11.0 Å². The summed E-state index contributed by atoms with van der Waals surface area (Å²) in [5, 5.41) is 3.15. The lowest BCUT2D eigenvalue weighted by Gasteiger charge is -2.33. The summed E-state index contributed by atoms with van der Waals surface area (Å²) in [5.41, 5.74) is 2.58. The molecule has 6 nitrogen and oxygen atoms in total. The molecule has 0 radical (unpaired) electrons. The summed E-state index contributed by atoms with van der Waals surface area (Å²) in [5.74, 6) is -0.0753. The van der Waals surface area contributed by atoms with Crippen molar-refractivity contribution in [3.63, 3.8) is 0 Å². The number of benzene rings is 1. The Morgan fingerprint density at radius 2 is 1.92 bits per heavy atom. The third-order valence-corrected chi connectivity index (χ3v) is 5.51. The largest absolute Gasteiger partial charge is 0.349 e. The van der Waals surface area contributed by atoms with Crippen LogP contribution in [0.4, 0.5) is 0 Å². The number of fused-ring (bicyclic) bond motifs is 3. The van der Waals surface area contributed by atoms with Crippen LogP contribution >= 0.6 is 0 Å². The number of carbonyl (C=O) groups excluding carboxylic acids is 1. The van der Waals surface area contributed by atoms with Crippen LogP contribution in [0.2, 0.25) is 0 Å². The Morgan fingerprint density at radius 1 is 1.15 bits per heavy atom. The van der Waals surface area contributed by atoms with Gasteiger partial charge in [-0.25, -0.2) is 0 Å². The van der Waals surface area contributed by atoms with Gasteiger partial charge in [0.15, 0.2) is 0 Å². The number of amides is 1. The molecule has 0 unspecified atom stereocenters. The zero-order valence-electron chi connectivity index (χ0n) is 15.2. The molecule has 4 rings (SSSR count). The van der Waals surface area contributed by atoms with Crippen molar-refractivity contribution in [3.8, 4) is 0 Å². The summed E-state index contributed by atoms with van der Waals surface area (Å²) in [7, 11) is 4.22. The Labute approximate surface area is 151 Å². The van der Waals surface area contributed by atoms with Gasteiger partial charge in [-0.05, 0) is 70.1 Å². The van der Waals surface area contributed by atoms with E-state index >= 15 is 0 Å². The van der Waals surface area contributed by atoms with E-state index in [1.165, 1.54) is 0 Å². The van der Waals surface area contributed by atoms with E-state index in [0.29, 0.717) is 22.6 Å². The third-order valence-electron chi connectivity index (χ3n) is 5.51. The first-order chi connectivity index (χ1) is 12.5. The first kappa shape index (κ1) is 16.8. The molecule has 0 bridgehead atoms. The highest BCUT2D eigenvalue weighted by Crippen LogP contribution is 2.22. The third kappa shape index (κ3) is 3.01. The van der Waals surface area contributed by atoms with Crippen LogP contribution in [0.1, 0.15) is 36.0 Å². The van der Waals surface area contributed by atoms with Crippen molar-refractivity contribution in [2.75, 3.05) is 14.1 Å². The molecule has 3 aromatic rings. The van der Waals surface area contributed by atoms with E-state index in [1.807, 2.05) is 28.8 Å². The van der Waals surface area contributed by atoms with Crippen LogP contribution in [0.25, 0.3) is 16.6 Å². The molecule has 1 fully saturated rings. The second kappa shape index (κ2) is 6.61. The molecule has 1 amide bonds. The molecular formula is C20H24N4O2. The quantitative estimate of drug-likeness (QED) is 0.760. The Bertz CT molecular complexity index is 1010. The predicted molar refractivity (Wildman–Crippen MR) is 103 cm³/mol. The van der Waals surface area contributed by atoms with Crippen molar-refractivity contribution >= 4 is 22.5 Å². The van der Waals surface area contributed by atoms with Crippen molar-refractivity contribution in [3.05, 3.63) is 52.4 Å². The topological polar surface area (TPSA) is 69.6 Å². The minimum atomic E-state index is -0.151. The molecular weight excluding hydrogens is 328 g/mol. The Morgan fingerprint density at radius 3 is 2.65 bits per heavy atom. The van der Waals surface area contributed by atoms with E-state index < -0.39 is 0 Å². The smallest absolute Gasteiger partial charge is 0.272 e. The van der Waals surface area contributed by atoms with E-state index in [1.54, 1.807) is 12.1 Å². The lowest BCUT2D eigenvalue weighted by Crippen LogP contribution is -2.41. The molecule has 1 aliphatic rings. The standard InChI is InChI=1S/C20H24N4O2/c1-23(2)15-8-6-14(7-9-15)21-19(25)13-5-10-17-16(12-13)22-20(26)18-4-3-11-24(17)18/h3-5,10-12,14-15H,6-9H2,1-2H3,(H,21,25)(H,22,26). The number of nitrogens with zero attached hydrogens (tertiary/aromatic N) is 2. The van der Waals surface area contributed by atoms with Crippen LogP contribution in [0.5, 0.6) is 0 Å². The molecule has 0 aliphatic heterocycles. The minimum Gasteiger partial charge on any atom is -0.349 e. The number of hydrogen-bond acceptors (Lipinski definition) is 3. The fourth-order valence-electron chi connectivity index (χ4n) is 3.96. The van der Waals surface area contributed by atoms with Crippen molar-refractivity contribution in [2.24, 2.45) is 0 Å². The predicted octanol–water partition coefficient (Wildman–Crippen LogP) is 2.38. The lowest BCUT2D eigenvalue weighted by molar-refractivity contribution is 0.0916. The summed E-state index contributed by atoms with van der Waals surface area (Å²) < 4.78 is 1.85. The highest BCUT2D eigenvalue weighted by Gasteiger charge is 2.24.